The first kappa shape index (κ1) is 19.4. The number of rotatable bonds is 7. The van der Waals surface area contributed by atoms with Gasteiger partial charge in [0.05, 0.1) is 18.4 Å². The molecule has 1 saturated carbocycles. The lowest BCUT2D eigenvalue weighted by Crippen LogP contribution is -2.37. The highest BCUT2D eigenvalue weighted by Gasteiger charge is 2.42. The Morgan fingerprint density at radius 3 is 2.26 bits per heavy atom. The number of amides is 2. The van der Waals surface area contributed by atoms with Crippen LogP contribution in [0, 0.1) is 0 Å². The second-order valence-electron chi connectivity index (χ2n) is 6.84. The number of ether oxygens (including phenoxy) is 1. The summed E-state index contributed by atoms with van der Waals surface area (Å²) in [6.07, 6.45) is 3.99. The van der Waals surface area contributed by atoms with Crippen molar-refractivity contribution in [1.82, 2.24) is 0 Å². The molecule has 6 heteroatoms. The Bertz CT molecular complexity index is 797. The molecule has 0 saturated heterocycles. The molecular formula is C21H23BrN2O3. The molecule has 0 radical (unpaired) electrons. The van der Waals surface area contributed by atoms with Crippen molar-refractivity contribution in [3.8, 4) is 5.75 Å². The van der Waals surface area contributed by atoms with E-state index in [2.05, 4.69) is 21.2 Å². The fourth-order valence-electron chi connectivity index (χ4n) is 3.55. The molecule has 0 aromatic heterocycles. The summed E-state index contributed by atoms with van der Waals surface area (Å²) in [4.78, 5) is 23.9. The lowest BCUT2D eigenvalue weighted by molar-refractivity contribution is -0.121. The summed E-state index contributed by atoms with van der Waals surface area (Å²) in [7, 11) is 0. The third-order valence-corrected chi connectivity index (χ3v) is 5.55. The number of carbonyl (C=O) groups is 2. The maximum atomic E-state index is 13.1. The Labute approximate surface area is 167 Å². The van der Waals surface area contributed by atoms with Gasteiger partial charge < -0.3 is 15.8 Å². The molecule has 0 spiro atoms. The Kier molecular flexibility index (Phi) is 6.16. The van der Waals surface area contributed by atoms with Crippen LogP contribution in [0.5, 0.6) is 5.75 Å². The molecule has 2 aromatic carbocycles. The average molecular weight is 431 g/mol. The van der Waals surface area contributed by atoms with Crippen LogP contribution in [0.4, 0.5) is 5.69 Å². The number of hydrogen-bond acceptors (Lipinski definition) is 3. The predicted molar refractivity (Wildman–Crippen MR) is 109 cm³/mol. The summed E-state index contributed by atoms with van der Waals surface area (Å²) in [6, 6.07) is 15.2. The van der Waals surface area contributed by atoms with Crippen molar-refractivity contribution in [2.24, 2.45) is 5.73 Å². The topological polar surface area (TPSA) is 81.4 Å². The van der Waals surface area contributed by atoms with Crippen molar-refractivity contribution in [1.29, 1.82) is 0 Å². The second-order valence-corrected chi connectivity index (χ2v) is 7.76. The summed E-state index contributed by atoms with van der Waals surface area (Å²) in [5.41, 5.74) is 6.41. The molecule has 1 aliphatic rings. The molecule has 5 nitrogen and oxygen atoms in total. The van der Waals surface area contributed by atoms with Gasteiger partial charge in [-0.1, -0.05) is 40.9 Å². The number of benzene rings is 2. The first-order chi connectivity index (χ1) is 13.0. The van der Waals surface area contributed by atoms with Crippen molar-refractivity contribution < 1.29 is 14.3 Å². The van der Waals surface area contributed by atoms with Gasteiger partial charge in [0, 0.05) is 10.2 Å². The van der Waals surface area contributed by atoms with E-state index in [4.69, 9.17) is 10.5 Å². The van der Waals surface area contributed by atoms with E-state index in [-0.39, 0.29) is 18.9 Å². The molecule has 0 bridgehead atoms. The van der Waals surface area contributed by atoms with Crippen LogP contribution in [0.2, 0.25) is 0 Å². The molecule has 0 unspecified atom stereocenters. The molecule has 1 aliphatic carbocycles. The largest absolute Gasteiger partial charge is 0.493 e. The van der Waals surface area contributed by atoms with E-state index in [9.17, 15) is 9.59 Å². The minimum Gasteiger partial charge on any atom is -0.493 e. The van der Waals surface area contributed by atoms with Crippen LogP contribution in [-0.4, -0.2) is 18.4 Å². The maximum absolute atomic E-state index is 13.1. The quantitative estimate of drug-likeness (QED) is 0.691. The standard InChI is InChI=1S/C21H23BrN2O3/c22-16-5-3-15(4-6-16)21(12-1-2-13-21)20(26)24-17-7-9-18(10-8-17)27-14-11-19(23)25/h3-10H,1-2,11-14H2,(H2,23,25)(H,24,26). The third-order valence-electron chi connectivity index (χ3n) is 5.02. The van der Waals surface area contributed by atoms with Gasteiger partial charge in [0.2, 0.25) is 11.8 Å². The molecule has 0 heterocycles. The lowest BCUT2D eigenvalue weighted by Gasteiger charge is -2.28. The number of nitrogens with two attached hydrogens (primary N) is 1. The third kappa shape index (κ3) is 4.69. The van der Waals surface area contributed by atoms with E-state index in [1.165, 1.54) is 0 Å². The highest BCUT2D eigenvalue weighted by Crippen LogP contribution is 2.42. The van der Waals surface area contributed by atoms with Crippen LogP contribution >= 0.6 is 15.9 Å². The zero-order valence-electron chi connectivity index (χ0n) is 15.0. The van der Waals surface area contributed by atoms with Crippen LogP contribution in [0.15, 0.2) is 53.0 Å². The van der Waals surface area contributed by atoms with Crippen LogP contribution in [0.25, 0.3) is 0 Å². The van der Waals surface area contributed by atoms with E-state index >= 15 is 0 Å². The molecule has 142 valence electrons. The Hall–Kier alpha value is -2.34. The van der Waals surface area contributed by atoms with Gasteiger partial charge in [-0.15, -0.1) is 0 Å². The van der Waals surface area contributed by atoms with Crippen molar-refractivity contribution in [2.75, 3.05) is 11.9 Å². The van der Waals surface area contributed by atoms with Gasteiger partial charge in [-0.2, -0.15) is 0 Å². The van der Waals surface area contributed by atoms with Crippen molar-refractivity contribution in [2.45, 2.75) is 37.5 Å². The monoisotopic (exact) mass is 430 g/mol. The fourth-order valence-corrected chi connectivity index (χ4v) is 3.81. The first-order valence-corrected chi connectivity index (χ1v) is 9.88. The van der Waals surface area contributed by atoms with Gasteiger partial charge >= 0.3 is 0 Å². The lowest BCUT2D eigenvalue weighted by atomic mass is 9.78. The minimum absolute atomic E-state index is 0.0321. The number of carbonyl (C=O) groups excluding carboxylic acids is 2. The maximum Gasteiger partial charge on any atom is 0.235 e. The van der Waals surface area contributed by atoms with Crippen LogP contribution in [-0.2, 0) is 15.0 Å². The number of nitrogens with one attached hydrogen (secondary N) is 1. The molecule has 1 fully saturated rings. The SMILES string of the molecule is NC(=O)CCOc1ccc(NC(=O)C2(c3ccc(Br)cc3)CCCC2)cc1. The van der Waals surface area contributed by atoms with E-state index in [0.717, 1.165) is 41.4 Å². The van der Waals surface area contributed by atoms with Crippen LogP contribution in [0.3, 0.4) is 0 Å². The second kappa shape index (κ2) is 8.57. The van der Waals surface area contributed by atoms with Gasteiger partial charge in [0.1, 0.15) is 5.75 Å². The van der Waals surface area contributed by atoms with Gasteiger partial charge in [-0.05, 0) is 54.8 Å². The number of anilines is 1. The Balaban J connectivity index is 1.69. The van der Waals surface area contributed by atoms with E-state index in [1.54, 1.807) is 12.1 Å². The normalized spacial score (nSPS) is 15.3. The smallest absolute Gasteiger partial charge is 0.235 e. The van der Waals surface area contributed by atoms with Gasteiger partial charge in [0.25, 0.3) is 0 Å². The number of hydrogen-bond donors (Lipinski definition) is 2. The highest BCUT2D eigenvalue weighted by molar-refractivity contribution is 9.10. The predicted octanol–water partition coefficient (Wildman–Crippen LogP) is 4.15. The Morgan fingerprint density at radius 1 is 1.04 bits per heavy atom. The van der Waals surface area contributed by atoms with E-state index < -0.39 is 11.3 Å². The molecular weight excluding hydrogens is 408 g/mol. The molecule has 27 heavy (non-hydrogen) atoms. The van der Waals surface area contributed by atoms with Gasteiger partial charge in [-0.25, -0.2) is 0 Å². The van der Waals surface area contributed by atoms with Gasteiger partial charge in [0.15, 0.2) is 0 Å². The zero-order chi connectivity index (χ0) is 19.3. The molecule has 2 aromatic rings. The van der Waals surface area contributed by atoms with Crippen molar-refractivity contribution in [3.63, 3.8) is 0 Å². The van der Waals surface area contributed by atoms with E-state index in [1.807, 2.05) is 36.4 Å². The summed E-state index contributed by atoms with van der Waals surface area (Å²) < 4.78 is 6.47. The van der Waals surface area contributed by atoms with Crippen LogP contribution < -0.4 is 15.8 Å². The summed E-state index contributed by atoms with van der Waals surface area (Å²) in [5.74, 6) is 0.274. The van der Waals surface area contributed by atoms with Crippen LogP contribution in [0.1, 0.15) is 37.7 Å². The number of primary amides is 1. The number of halogens is 1. The summed E-state index contributed by atoms with van der Waals surface area (Å²) in [5, 5.41) is 3.06. The average Bonchev–Trinajstić information content (AvgIpc) is 3.14. The molecule has 0 aliphatic heterocycles. The highest BCUT2D eigenvalue weighted by atomic mass is 79.9. The summed E-state index contributed by atoms with van der Waals surface area (Å²) >= 11 is 3.46. The first-order valence-electron chi connectivity index (χ1n) is 9.08. The molecule has 3 N–H and O–H groups in total. The van der Waals surface area contributed by atoms with Crippen molar-refractivity contribution in [3.05, 3.63) is 58.6 Å². The molecule has 2 amide bonds. The van der Waals surface area contributed by atoms with Gasteiger partial charge in [-0.3, -0.25) is 9.59 Å². The van der Waals surface area contributed by atoms with Crippen molar-refractivity contribution >= 4 is 33.4 Å². The minimum atomic E-state index is -0.475. The molecule has 3 rings (SSSR count). The summed E-state index contributed by atoms with van der Waals surface area (Å²) in [6.45, 7) is 0.244. The fraction of sp³-hybridized carbons (Fsp3) is 0.333. The Morgan fingerprint density at radius 2 is 1.67 bits per heavy atom. The molecule has 0 atom stereocenters. The van der Waals surface area contributed by atoms with E-state index in [0.29, 0.717) is 5.75 Å². The zero-order valence-corrected chi connectivity index (χ0v) is 16.6.